The number of ether oxygens (including phenoxy) is 1. The Morgan fingerprint density at radius 1 is 1.23 bits per heavy atom. The number of likely N-dealkylation sites (N-methyl/N-ethyl adjacent to an activating group) is 1. The van der Waals surface area contributed by atoms with E-state index < -0.39 is 0 Å². The third-order valence-electron chi connectivity index (χ3n) is 3.25. The standard InChI is InChI=1S/C17H17ClFNO2/c1-12-9-14(18)5-8-16(12)22-11-17(21)20(2)10-13-3-6-15(19)7-4-13/h3-9H,10-11H2,1-2H3. The van der Waals surface area contributed by atoms with E-state index in [2.05, 4.69) is 0 Å². The molecule has 0 spiro atoms. The van der Waals surface area contributed by atoms with Gasteiger partial charge in [-0.05, 0) is 48.4 Å². The first-order chi connectivity index (χ1) is 10.5. The van der Waals surface area contributed by atoms with E-state index in [0.29, 0.717) is 17.3 Å². The number of rotatable bonds is 5. The van der Waals surface area contributed by atoms with E-state index >= 15 is 0 Å². The van der Waals surface area contributed by atoms with E-state index in [0.717, 1.165) is 11.1 Å². The van der Waals surface area contributed by atoms with Crippen LogP contribution in [0.15, 0.2) is 42.5 Å². The highest BCUT2D eigenvalue weighted by atomic mass is 35.5. The summed E-state index contributed by atoms with van der Waals surface area (Å²) < 4.78 is 18.4. The Morgan fingerprint density at radius 3 is 2.55 bits per heavy atom. The number of aryl methyl sites for hydroxylation is 1. The van der Waals surface area contributed by atoms with Crippen molar-refractivity contribution in [3.63, 3.8) is 0 Å². The van der Waals surface area contributed by atoms with Crippen molar-refractivity contribution in [2.24, 2.45) is 0 Å². The highest BCUT2D eigenvalue weighted by Crippen LogP contribution is 2.21. The van der Waals surface area contributed by atoms with Crippen LogP contribution in [0.2, 0.25) is 5.02 Å². The van der Waals surface area contributed by atoms with Gasteiger partial charge in [0.05, 0.1) is 0 Å². The van der Waals surface area contributed by atoms with Gasteiger partial charge in [-0.1, -0.05) is 23.7 Å². The fourth-order valence-electron chi connectivity index (χ4n) is 1.98. The molecule has 2 aromatic rings. The molecule has 3 nitrogen and oxygen atoms in total. The lowest BCUT2D eigenvalue weighted by Crippen LogP contribution is -2.31. The maximum atomic E-state index is 12.8. The predicted octanol–water partition coefficient (Wildman–Crippen LogP) is 3.82. The number of carbonyl (C=O) groups is 1. The minimum absolute atomic E-state index is 0.0554. The second-order valence-electron chi connectivity index (χ2n) is 5.07. The molecule has 0 heterocycles. The Kier molecular flexibility index (Phi) is 5.39. The summed E-state index contributed by atoms with van der Waals surface area (Å²) in [7, 11) is 1.68. The molecule has 22 heavy (non-hydrogen) atoms. The average molecular weight is 322 g/mol. The van der Waals surface area contributed by atoms with Gasteiger partial charge in [0, 0.05) is 18.6 Å². The van der Waals surface area contributed by atoms with Gasteiger partial charge < -0.3 is 9.64 Å². The molecule has 0 aliphatic carbocycles. The third kappa shape index (κ3) is 4.46. The SMILES string of the molecule is Cc1cc(Cl)ccc1OCC(=O)N(C)Cc1ccc(F)cc1. The summed E-state index contributed by atoms with van der Waals surface area (Å²) in [6.07, 6.45) is 0. The summed E-state index contributed by atoms with van der Waals surface area (Å²) in [6, 6.07) is 11.3. The first-order valence-electron chi connectivity index (χ1n) is 6.83. The molecule has 2 aromatic carbocycles. The number of hydrogen-bond acceptors (Lipinski definition) is 2. The van der Waals surface area contributed by atoms with E-state index in [9.17, 15) is 9.18 Å². The minimum Gasteiger partial charge on any atom is -0.483 e. The van der Waals surface area contributed by atoms with Crippen LogP contribution in [-0.4, -0.2) is 24.5 Å². The molecule has 0 fully saturated rings. The van der Waals surface area contributed by atoms with Crippen LogP contribution in [0.25, 0.3) is 0 Å². The lowest BCUT2D eigenvalue weighted by atomic mass is 10.2. The Hall–Kier alpha value is -2.07. The van der Waals surface area contributed by atoms with Crippen LogP contribution >= 0.6 is 11.6 Å². The zero-order valence-corrected chi connectivity index (χ0v) is 13.2. The molecule has 0 aromatic heterocycles. The van der Waals surface area contributed by atoms with Crippen molar-refractivity contribution >= 4 is 17.5 Å². The fraction of sp³-hybridized carbons (Fsp3) is 0.235. The molecule has 0 aliphatic rings. The van der Waals surface area contributed by atoms with Crippen molar-refractivity contribution in [1.82, 2.24) is 4.90 Å². The van der Waals surface area contributed by atoms with Crippen molar-refractivity contribution < 1.29 is 13.9 Å². The van der Waals surface area contributed by atoms with Crippen LogP contribution in [0.4, 0.5) is 4.39 Å². The molecular weight excluding hydrogens is 305 g/mol. The number of halogens is 2. The lowest BCUT2D eigenvalue weighted by Gasteiger charge is -2.18. The van der Waals surface area contributed by atoms with E-state index in [-0.39, 0.29) is 18.3 Å². The van der Waals surface area contributed by atoms with Gasteiger partial charge in [-0.2, -0.15) is 0 Å². The van der Waals surface area contributed by atoms with E-state index in [1.54, 1.807) is 42.3 Å². The topological polar surface area (TPSA) is 29.5 Å². The van der Waals surface area contributed by atoms with Crippen molar-refractivity contribution in [3.05, 3.63) is 64.4 Å². The van der Waals surface area contributed by atoms with Gasteiger partial charge in [-0.25, -0.2) is 4.39 Å². The first kappa shape index (κ1) is 16.3. The summed E-state index contributed by atoms with van der Waals surface area (Å²) in [5, 5.41) is 0.629. The molecular formula is C17H17ClFNO2. The van der Waals surface area contributed by atoms with Gasteiger partial charge in [-0.15, -0.1) is 0 Å². The summed E-state index contributed by atoms with van der Waals surface area (Å²) >= 11 is 5.87. The maximum Gasteiger partial charge on any atom is 0.260 e. The predicted molar refractivity (Wildman–Crippen MR) is 84.6 cm³/mol. The van der Waals surface area contributed by atoms with E-state index in [4.69, 9.17) is 16.3 Å². The number of hydrogen-bond donors (Lipinski definition) is 0. The zero-order chi connectivity index (χ0) is 16.1. The van der Waals surface area contributed by atoms with E-state index in [1.165, 1.54) is 12.1 Å². The molecule has 0 aliphatic heterocycles. The highest BCUT2D eigenvalue weighted by Gasteiger charge is 2.11. The lowest BCUT2D eigenvalue weighted by molar-refractivity contribution is -0.132. The van der Waals surface area contributed by atoms with Crippen molar-refractivity contribution in [3.8, 4) is 5.75 Å². The van der Waals surface area contributed by atoms with Gasteiger partial charge in [0.1, 0.15) is 11.6 Å². The Bertz CT molecular complexity index is 658. The Balaban J connectivity index is 1.89. The molecule has 2 rings (SSSR count). The van der Waals surface area contributed by atoms with Crippen LogP contribution in [0.5, 0.6) is 5.75 Å². The molecule has 0 N–H and O–H groups in total. The van der Waals surface area contributed by atoms with Gasteiger partial charge in [0.15, 0.2) is 6.61 Å². The smallest absolute Gasteiger partial charge is 0.260 e. The molecule has 0 radical (unpaired) electrons. The second-order valence-corrected chi connectivity index (χ2v) is 5.51. The van der Waals surface area contributed by atoms with Crippen molar-refractivity contribution in [2.45, 2.75) is 13.5 Å². The summed E-state index contributed by atoms with van der Waals surface area (Å²) in [5.41, 5.74) is 1.74. The molecule has 0 saturated heterocycles. The second kappa shape index (κ2) is 7.27. The Labute approximate surface area is 134 Å². The van der Waals surface area contributed by atoms with Crippen LogP contribution in [0.3, 0.4) is 0 Å². The number of nitrogens with zero attached hydrogens (tertiary/aromatic N) is 1. The monoisotopic (exact) mass is 321 g/mol. The quantitative estimate of drug-likeness (QED) is 0.837. The number of benzene rings is 2. The first-order valence-corrected chi connectivity index (χ1v) is 7.21. The number of carbonyl (C=O) groups excluding carboxylic acids is 1. The molecule has 5 heteroatoms. The molecule has 0 unspecified atom stereocenters. The highest BCUT2D eigenvalue weighted by molar-refractivity contribution is 6.30. The normalized spacial score (nSPS) is 10.4. The van der Waals surface area contributed by atoms with Crippen molar-refractivity contribution in [2.75, 3.05) is 13.7 Å². The summed E-state index contributed by atoms with van der Waals surface area (Å²) in [6.45, 7) is 2.22. The molecule has 0 atom stereocenters. The van der Waals surface area contributed by atoms with Gasteiger partial charge >= 0.3 is 0 Å². The van der Waals surface area contributed by atoms with Crippen LogP contribution in [0.1, 0.15) is 11.1 Å². The molecule has 116 valence electrons. The van der Waals surface area contributed by atoms with Gasteiger partial charge in [-0.3, -0.25) is 4.79 Å². The summed E-state index contributed by atoms with van der Waals surface area (Å²) in [4.78, 5) is 13.6. The van der Waals surface area contributed by atoms with Gasteiger partial charge in [0.25, 0.3) is 5.91 Å². The van der Waals surface area contributed by atoms with E-state index in [1.807, 2.05) is 6.92 Å². The molecule has 0 saturated carbocycles. The minimum atomic E-state index is -0.292. The van der Waals surface area contributed by atoms with Crippen LogP contribution in [-0.2, 0) is 11.3 Å². The van der Waals surface area contributed by atoms with Crippen LogP contribution < -0.4 is 4.74 Å². The largest absolute Gasteiger partial charge is 0.483 e. The van der Waals surface area contributed by atoms with Crippen LogP contribution in [0, 0.1) is 12.7 Å². The van der Waals surface area contributed by atoms with Gasteiger partial charge in [0.2, 0.25) is 0 Å². The Morgan fingerprint density at radius 2 is 1.91 bits per heavy atom. The fourth-order valence-corrected chi connectivity index (χ4v) is 2.20. The zero-order valence-electron chi connectivity index (χ0n) is 12.5. The number of amides is 1. The average Bonchev–Trinajstić information content (AvgIpc) is 2.48. The molecule has 0 bridgehead atoms. The van der Waals surface area contributed by atoms with Crippen molar-refractivity contribution in [1.29, 1.82) is 0 Å². The maximum absolute atomic E-state index is 12.8. The molecule has 1 amide bonds. The summed E-state index contributed by atoms with van der Waals surface area (Å²) in [5.74, 6) is 0.186. The third-order valence-corrected chi connectivity index (χ3v) is 3.48.